The van der Waals surface area contributed by atoms with Crippen molar-refractivity contribution in [2.24, 2.45) is 5.16 Å². The molecule has 0 N–H and O–H groups in total. The lowest BCUT2D eigenvalue weighted by Gasteiger charge is -1.90. The van der Waals surface area contributed by atoms with Gasteiger partial charge >= 0.3 is 0 Å². The van der Waals surface area contributed by atoms with Crippen molar-refractivity contribution in [1.82, 2.24) is 4.90 Å². The maximum absolute atomic E-state index is 4.26. The van der Waals surface area contributed by atoms with Gasteiger partial charge in [0.1, 0.15) is 7.11 Å². The molecule has 0 aromatic rings. The molecular formula is C9H22N2O. The zero-order valence-electron chi connectivity index (χ0n) is 9.00. The van der Waals surface area contributed by atoms with E-state index in [2.05, 4.69) is 9.99 Å². The fourth-order valence-corrected chi connectivity index (χ4v) is 0.105. The number of nitrogens with zero attached hydrogens (tertiary/aromatic N) is 2. The Hall–Kier alpha value is -0.570. The van der Waals surface area contributed by atoms with E-state index in [0.29, 0.717) is 0 Å². The quantitative estimate of drug-likeness (QED) is 0.448. The predicted molar refractivity (Wildman–Crippen MR) is 54.6 cm³/mol. The number of hydrogen-bond acceptors (Lipinski definition) is 3. The zero-order chi connectivity index (χ0) is 9.82. The summed E-state index contributed by atoms with van der Waals surface area (Å²) in [6.07, 6.45) is 6.08. The standard InChI is InChI=1S/C3H7NO.C3H9N.C3H6/c1-3-4-5-2;1-4(2)3;1-2-3-1/h3H,1-2H3;1-3H3;1-3H2/b4-3-;;. The van der Waals surface area contributed by atoms with Crippen molar-refractivity contribution < 1.29 is 4.84 Å². The van der Waals surface area contributed by atoms with Gasteiger partial charge in [0.25, 0.3) is 0 Å². The first-order valence-electron chi connectivity index (χ1n) is 4.27. The molecule has 1 aliphatic carbocycles. The van der Waals surface area contributed by atoms with E-state index >= 15 is 0 Å². The number of rotatable bonds is 1. The van der Waals surface area contributed by atoms with E-state index in [1.54, 1.807) is 13.1 Å². The summed E-state index contributed by atoms with van der Waals surface area (Å²) >= 11 is 0. The van der Waals surface area contributed by atoms with Crippen LogP contribution in [0.2, 0.25) is 0 Å². The second kappa shape index (κ2) is 13.1. The topological polar surface area (TPSA) is 24.8 Å². The van der Waals surface area contributed by atoms with Gasteiger partial charge in [-0.1, -0.05) is 19.3 Å². The van der Waals surface area contributed by atoms with Gasteiger partial charge in [0.15, 0.2) is 0 Å². The van der Waals surface area contributed by atoms with Crippen LogP contribution in [0, 0.1) is 0 Å². The van der Waals surface area contributed by atoms with Gasteiger partial charge in [0.05, 0.1) is 0 Å². The Balaban J connectivity index is 0. The van der Waals surface area contributed by atoms with Gasteiger partial charge in [0, 0.05) is 6.21 Å². The highest BCUT2D eigenvalue weighted by Gasteiger charge is 1.95. The normalized spacial score (nSPS) is 12.8. The van der Waals surface area contributed by atoms with Crippen molar-refractivity contribution >= 4 is 6.21 Å². The Morgan fingerprint density at radius 3 is 1.50 bits per heavy atom. The number of oxime groups is 1. The maximum atomic E-state index is 4.26. The van der Waals surface area contributed by atoms with Crippen LogP contribution in [0.25, 0.3) is 0 Å². The second-order valence-corrected chi connectivity index (χ2v) is 2.95. The molecule has 0 aromatic heterocycles. The highest BCUT2D eigenvalue weighted by Crippen LogP contribution is 2.14. The molecule has 1 aliphatic rings. The fourth-order valence-electron chi connectivity index (χ4n) is 0.105. The van der Waals surface area contributed by atoms with Gasteiger partial charge in [-0.15, -0.1) is 5.16 Å². The van der Waals surface area contributed by atoms with E-state index in [9.17, 15) is 0 Å². The second-order valence-electron chi connectivity index (χ2n) is 2.95. The molecule has 0 heterocycles. The third-order valence-corrected chi connectivity index (χ3v) is 0.564. The minimum Gasteiger partial charge on any atom is -0.399 e. The van der Waals surface area contributed by atoms with Crippen LogP contribution in [0.3, 0.4) is 0 Å². The Morgan fingerprint density at radius 1 is 1.17 bits per heavy atom. The van der Waals surface area contributed by atoms with Crippen LogP contribution in [-0.4, -0.2) is 39.4 Å². The van der Waals surface area contributed by atoms with Crippen molar-refractivity contribution in [2.45, 2.75) is 26.2 Å². The molecule has 1 saturated carbocycles. The van der Waals surface area contributed by atoms with Gasteiger partial charge in [-0.2, -0.15) is 0 Å². The predicted octanol–water partition coefficient (Wildman–Crippen LogP) is 1.99. The molecule has 1 fully saturated rings. The van der Waals surface area contributed by atoms with Gasteiger partial charge in [-0.05, 0) is 28.1 Å². The van der Waals surface area contributed by atoms with E-state index in [0.717, 1.165) is 0 Å². The summed E-state index contributed by atoms with van der Waals surface area (Å²) in [6.45, 7) is 1.80. The van der Waals surface area contributed by atoms with E-state index in [4.69, 9.17) is 0 Å². The van der Waals surface area contributed by atoms with Gasteiger partial charge in [-0.3, -0.25) is 0 Å². The maximum Gasteiger partial charge on any atom is 0.106 e. The third-order valence-electron chi connectivity index (χ3n) is 0.564. The molecule has 3 nitrogen and oxygen atoms in total. The first-order valence-corrected chi connectivity index (χ1v) is 4.27. The lowest BCUT2D eigenvalue weighted by molar-refractivity contribution is 0.215. The van der Waals surface area contributed by atoms with Crippen LogP contribution in [0.4, 0.5) is 0 Å². The lowest BCUT2D eigenvalue weighted by Crippen LogP contribution is -1.99. The smallest absolute Gasteiger partial charge is 0.106 e. The Bertz CT molecular complexity index is 85.0. The van der Waals surface area contributed by atoms with Crippen LogP contribution in [0.5, 0.6) is 0 Å². The average molecular weight is 174 g/mol. The third kappa shape index (κ3) is 113. The summed E-state index contributed by atoms with van der Waals surface area (Å²) in [6, 6.07) is 0. The van der Waals surface area contributed by atoms with Crippen LogP contribution in [-0.2, 0) is 4.84 Å². The largest absolute Gasteiger partial charge is 0.399 e. The molecular weight excluding hydrogens is 152 g/mol. The SMILES string of the molecule is C/C=N\OC.C1CC1.CN(C)C. The summed E-state index contributed by atoms with van der Waals surface area (Å²) in [5.74, 6) is 0. The molecule has 74 valence electrons. The van der Waals surface area contributed by atoms with E-state index in [1.807, 2.05) is 26.0 Å². The molecule has 0 aromatic carbocycles. The summed E-state index contributed by atoms with van der Waals surface area (Å²) < 4.78 is 0. The number of hydrogen-bond donors (Lipinski definition) is 0. The van der Waals surface area contributed by atoms with Crippen LogP contribution in [0.1, 0.15) is 26.2 Å². The average Bonchev–Trinajstić information content (AvgIpc) is 2.71. The van der Waals surface area contributed by atoms with Crippen molar-refractivity contribution in [3.8, 4) is 0 Å². The van der Waals surface area contributed by atoms with Crippen molar-refractivity contribution in [3.63, 3.8) is 0 Å². The Kier molecular flexibility index (Phi) is 15.2. The first kappa shape index (κ1) is 14.0. The summed E-state index contributed by atoms with van der Waals surface area (Å²) in [5, 5.41) is 3.35. The minimum atomic E-state index is 1.50. The van der Waals surface area contributed by atoms with Crippen molar-refractivity contribution in [1.29, 1.82) is 0 Å². The van der Waals surface area contributed by atoms with E-state index in [1.165, 1.54) is 26.4 Å². The molecule has 0 bridgehead atoms. The highest BCUT2D eigenvalue weighted by atomic mass is 16.6. The highest BCUT2D eigenvalue weighted by molar-refractivity contribution is 5.52. The van der Waals surface area contributed by atoms with Crippen molar-refractivity contribution in [2.75, 3.05) is 28.3 Å². The van der Waals surface area contributed by atoms with E-state index < -0.39 is 0 Å². The van der Waals surface area contributed by atoms with Gasteiger partial charge in [0.2, 0.25) is 0 Å². The van der Waals surface area contributed by atoms with Crippen LogP contribution < -0.4 is 0 Å². The molecule has 0 spiro atoms. The van der Waals surface area contributed by atoms with Gasteiger partial charge < -0.3 is 9.74 Å². The van der Waals surface area contributed by atoms with E-state index in [-0.39, 0.29) is 0 Å². The fraction of sp³-hybridized carbons (Fsp3) is 0.889. The summed E-state index contributed by atoms with van der Waals surface area (Å²) in [5.41, 5.74) is 0. The lowest BCUT2D eigenvalue weighted by atomic mass is 10.9. The molecule has 0 atom stereocenters. The molecule has 0 amide bonds. The Labute approximate surface area is 76.4 Å². The van der Waals surface area contributed by atoms with Gasteiger partial charge in [-0.25, -0.2) is 0 Å². The van der Waals surface area contributed by atoms with Crippen LogP contribution in [0.15, 0.2) is 5.16 Å². The monoisotopic (exact) mass is 174 g/mol. The summed E-state index contributed by atoms with van der Waals surface area (Å²) in [4.78, 5) is 6.26. The molecule has 0 aliphatic heterocycles. The van der Waals surface area contributed by atoms with Crippen molar-refractivity contribution in [3.05, 3.63) is 0 Å². The molecule has 0 radical (unpaired) electrons. The zero-order valence-corrected chi connectivity index (χ0v) is 9.00. The molecule has 0 unspecified atom stereocenters. The molecule has 3 heteroatoms. The van der Waals surface area contributed by atoms with Crippen LogP contribution >= 0.6 is 0 Å². The first-order chi connectivity index (χ1) is 5.65. The summed E-state index contributed by atoms with van der Waals surface area (Å²) in [7, 11) is 7.51. The minimum absolute atomic E-state index is 1.50. The molecule has 1 rings (SSSR count). The molecule has 0 saturated heterocycles. The molecule has 12 heavy (non-hydrogen) atoms. The Morgan fingerprint density at radius 2 is 1.50 bits per heavy atom.